The third-order valence-corrected chi connectivity index (χ3v) is 2.45. The number of phenols is 1. The summed E-state index contributed by atoms with van der Waals surface area (Å²) in [7, 11) is 0. The molecule has 0 saturated carbocycles. The van der Waals surface area contributed by atoms with Crippen LogP contribution in [0.1, 0.15) is 20.8 Å². The number of benzene rings is 1. The van der Waals surface area contributed by atoms with E-state index in [9.17, 15) is 9.90 Å². The minimum atomic E-state index is -0.600. The van der Waals surface area contributed by atoms with Gasteiger partial charge in [0, 0.05) is 23.2 Å². The van der Waals surface area contributed by atoms with Crippen molar-refractivity contribution in [3.63, 3.8) is 0 Å². The van der Waals surface area contributed by atoms with E-state index in [1.165, 1.54) is 0 Å². The van der Waals surface area contributed by atoms with Crippen LogP contribution in [0.2, 0.25) is 0 Å². The Kier molecular flexibility index (Phi) is 2.58. The summed E-state index contributed by atoms with van der Waals surface area (Å²) >= 11 is 0. The number of hydrogen-bond donors (Lipinski definition) is 2. The molecule has 2 N–H and O–H groups in total. The van der Waals surface area contributed by atoms with Gasteiger partial charge in [0.25, 0.3) is 0 Å². The van der Waals surface area contributed by atoms with Crippen LogP contribution in [0.3, 0.4) is 0 Å². The molecule has 0 amide bonds. The Bertz CT molecular complexity index is 564. The number of rotatable bonds is 1. The molecular weight excluding hydrogens is 218 g/mol. The van der Waals surface area contributed by atoms with Crippen molar-refractivity contribution < 1.29 is 14.6 Å². The van der Waals surface area contributed by atoms with E-state index in [-0.39, 0.29) is 17.5 Å². The highest BCUT2D eigenvalue weighted by atomic mass is 16.5. The van der Waals surface area contributed by atoms with Crippen LogP contribution in [-0.2, 0) is 4.79 Å². The lowest BCUT2D eigenvalue weighted by Crippen LogP contribution is -2.25. The van der Waals surface area contributed by atoms with Crippen molar-refractivity contribution in [1.82, 2.24) is 4.98 Å². The van der Waals surface area contributed by atoms with E-state index in [2.05, 4.69) is 4.98 Å². The van der Waals surface area contributed by atoms with Crippen molar-refractivity contribution in [1.29, 1.82) is 0 Å². The second-order valence-corrected chi connectivity index (χ2v) is 5.02. The molecular formula is C13H15NO3. The lowest BCUT2D eigenvalue weighted by Gasteiger charge is -2.16. The molecule has 0 spiro atoms. The number of nitrogens with one attached hydrogen (secondary N) is 1. The predicted molar refractivity (Wildman–Crippen MR) is 65.1 cm³/mol. The van der Waals surface area contributed by atoms with Gasteiger partial charge in [0.1, 0.15) is 0 Å². The maximum Gasteiger partial charge on any atom is 0.316 e. The van der Waals surface area contributed by atoms with Crippen molar-refractivity contribution in [3.8, 4) is 11.5 Å². The van der Waals surface area contributed by atoms with Gasteiger partial charge in [-0.25, -0.2) is 0 Å². The average molecular weight is 233 g/mol. The number of phenolic OH excluding ortho intramolecular Hbond substituents is 1. The number of esters is 1. The Morgan fingerprint density at radius 2 is 2.06 bits per heavy atom. The first-order valence-electron chi connectivity index (χ1n) is 5.40. The van der Waals surface area contributed by atoms with E-state index < -0.39 is 5.41 Å². The fraction of sp³-hybridized carbons (Fsp3) is 0.308. The molecule has 0 atom stereocenters. The van der Waals surface area contributed by atoms with E-state index in [4.69, 9.17) is 4.74 Å². The number of ether oxygens (including phenoxy) is 1. The van der Waals surface area contributed by atoms with Crippen molar-refractivity contribution in [3.05, 3.63) is 24.4 Å². The van der Waals surface area contributed by atoms with Gasteiger partial charge < -0.3 is 14.8 Å². The van der Waals surface area contributed by atoms with E-state index in [0.29, 0.717) is 0 Å². The summed E-state index contributed by atoms with van der Waals surface area (Å²) in [5, 5.41) is 10.6. The van der Waals surface area contributed by atoms with Gasteiger partial charge in [-0.2, -0.15) is 0 Å². The molecule has 1 aromatic carbocycles. The van der Waals surface area contributed by atoms with Crippen LogP contribution >= 0.6 is 0 Å². The maximum atomic E-state index is 11.7. The highest BCUT2D eigenvalue weighted by molar-refractivity contribution is 5.85. The Morgan fingerprint density at radius 1 is 1.35 bits per heavy atom. The molecule has 2 rings (SSSR count). The van der Waals surface area contributed by atoms with E-state index >= 15 is 0 Å². The van der Waals surface area contributed by atoms with Gasteiger partial charge in [-0.3, -0.25) is 4.79 Å². The summed E-state index contributed by atoms with van der Waals surface area (Å²) < 4.78 is 5.18. The van der Waals surface area contributed by atoms with Gasteiger partial charge in [0.05, 0.1) is 5.41 Å². The van der Waals surface area contributed by atoms with Crippen molar-refractivity contribution >= 4 is 16.9 Å². The van der Waals surface area contributed by atoms with Gasteiger partial charge in [-0.05, 0) is 32.9 Å². The summed E-state index contributed by atoms with van der Waals surface area (Å²) in [5.74, 6) is -0.228. The molecule has 0 fully saturated rings. The SMILES string of the molecule is CC(C)(C)C(=O)Oc1cc2[nH]ccc2cc1O. The zero-order valence-electron chi connectivity index (χ0n) is 10.1. The number of carbonyl (C=O) groups excluding carboxylic acids is 1. The Balaban J connectivity index is 2.35. The number of aromatic hydroxyl groups is 1. The minimum Gasteiger partial charge on any atom is -0.504 e. The zero-order chi connectivity index (χ0) is 12.6. The van der Waals surface area contributed by atoms with Gasteiger partial charge in [0.2, 0.25) is 0 Å². The third-order valence-electron chi connectivity index (χ3n) is 2.45. The fourth-order valence-electron chi connectivity index (χ4n) is 1.40. The molecule has 0 unspecified atom stereocenters. The molecule has 1 heterocycles. The first-order chi connectivity index (χ1) is 7.88. The number of aromatic nitrogens is 1. The molecule has 0 radical (unpaired) electrons. The molecule has 4 heteroatoms. The quantitative estimate of drug-likeness (QED) is 0.588. The molecule has 0 saturated heterocycles. The molecule has 90 valence electrons. The second kappa shape index (κ2) is 3.80. The highest BCUT2D eigenvalue weighted by Crippen LogP contribution is 2.32. The van der Waals surface area contributed by atoms with E-state index in [1.807, 2.05) is 6.07 Å². The van der Waals surface area contributed by atoms with Crippen LogP contribution in [0.25, 0.3) is 10.9 Å². The maximum absolute atomic E-state index is 11.7. The monoisotopic (exact) mass is 233 g/mol. The first-order valence-corrected chi connectivity index (χ1v) is 5.40. The van der Waals surface area contributed by atoms with Gasteiger partial charge in [0.15, 0.2) is 11.5 Å². The van der Waals surface area contributed by atoms with E-state index in [0.717, 1.165) is 10.9 Å². The standard InChI is InChI=1S/C13H15NO3/c1-13(2,3)12(16)17-11-7-9-8(4-5-14-9)6-10(11)15/h4-7,14-15H,1-3H3. The predicted octanol–water partition coefficient (Wildman–Crippen LogP) is 2.83. The van der Waals surface area contributed by atoms with Crippen LogP contribution in [0.4, 0.5) is 0 Å². The second-order valence-electron chi connectivity index (χ2n) is 5.02. The van der Waals surface area contributed by atoms with Crippen molar-refractivity contribution in [2.45, 2.75) is 20.8 Å². The summed E-state index contributed by atoms with van der Waals surface area (Å²) in [4.78, 5) is 14.7. The van der Waals surface area contributed by atoms with Crippen LogP contribution in [0, 0.1) is 5.41 Å². The Hall–Kier alpha value is -1.97. The summed E-state index contributed by atoms with van der Waals surface area (Å²) in [6.07, 6.45) is 1.76. The van der Waals surface area contributed by atoms with Crippen LogP contribution in [0.5, 0.6) is 11.5 Å². The normalized spacial score (nSPS) is 11.7. The number of carbonyl (C=O) groups is 1. The molecule has 0 aliphatic heterocycles. The topological polar surface area (TPSA) is 62.3 Å². The van der Waals surface area contributed by atoms with Crippen LogP contribution < -0.4 is 4.74 Å². The summed E-state index contributed by atoms with van der Waals surface area (Å²) in [6, 6.07) is 5.02. The summed E-state index contributed by atoms with van der Waals surface area (Å²) in [6.45, 7) is 5.29. The third kappa shape index (κ3) is 2.25. The van der Waals surface area contributed by atoms with Gasteiger partial charge in [-0.15, -0.1) is 0 Å². The van der Waals surface area contributed by atoms with Crippen molar-refractivity contribution in [2.75, 3.05) is 0 Å². The highest BCUT2D eigenvalue weighted by Gasteiger charge is 2.24. The largest absolute Gasteiger partial charge is 0.504 e. The molecule has 0 bridgehead atoms. The van der Waals surface area contributed by atoms with Crippen LogP contribution in [-0.4, -0.2) is 16.1 Å². The molecule has 1 aromatic heterocycles. The smallest absolute Gasteiger partial charge is 0.316 e. The van der Waals surface area contributed by atoms with Gasteiger partial charge >= 0.3 is 5.97 Å². The lowest BCUT2D eigenvalue weighted by molar-refractivity contribution is -0.143. The summed E-state index contributed by atoms with van der Waals surface area (Å²) in [5.41, 5.74) is 0.219. The number of aromatic amines is 1. The Morgan fingerprint density at radius 3 is 2.71 bits per heavy atom. The number of hydrogen-bond acceptors (Lipinski definition) is 3. The first kappa shape index (κ1) is 11.5. The lowest BCUT2D eigenvalue weighted by atomic mass is 9.97. The molecule has 2 aromatic rings. The van der Waals surface area contributed by atoms with Crippen LogP contribution in [0.15, 0.2) is 24.4 Å². The number of fused-ring (bicyclic) bond motifs is 1. The number of H-pyrrole nitrogens is 1. The molecule has 0 aliphatic carbocycles. The molecule has 4 nitrogen and oxygen atoms in total. The van der Waals surface area contributed by atoms with Gasteiger partial charge in [-0.1, -0.05) is 0 Å². The average Bonchev–Trinajstić information content (AvgIpc) is 2.63. The molecule has 0 aliphatic rings. The van der Waals surface area contributed by atoms with Crippen molar-refractivity contribution in [2.24, 2.45) is 5.41 Å². The Labute approximate surface area is 99.2 Å². The molecule has 17 heavy (non-hydrogen) atoms. The van der Waals surface area contributed by atoms with E-state index in [1.54, 1.807) is 39.1 Å². The fourth-order valence-corrected chi connectivity index (χ4v) is 1.40. The minimum absolute atomic E-state index is 0.0327. The zero-order valence-corrected chi connectivity index (χ0v) is 10.1.